The summed E-state index contributed by atoms with van der Waals surface area (Å²) in [5.74, 6) is 0.0723. The first-order valence-electron chi connectivity index (χ1n) is 9.35. The molecular weight excluding hydrogens is 332 g/mol. The van der Waals surface area contributed by atoms with E-state index in [0.29, 0.717) is 5.56 Å². The molecule has 0 atom stereocenters. The minimum absolute atomic E-state index is 0.0723. The van der Waals surface area contributed by atoms with Crippen LogP contribution >= 0.6 is 0 Å². The van der Waals surface area contributed by atoms with E-state index in [1.807, 2.05) is 29.2 Å². The number of carbonyl (C=O) groups is 1. The lowest BCUT2D eigenvalue weighted by Gasteiger charge is -2.30. The first kappa shape index (κ1) is 17.2. The smallest absolute Gasteiger partial charge is 0.255 e. The molecular formula is C24H22N2O. The maximum absolute atomic E-state index is 12.7. The Hall–Kier alpha value is -3.20. The van der Waals surface area contributed by atoms with Crippen LogP contribution < -0.4 is 0 Å². The molecule has 3 heteroatoms. The highest BCUT2D eigenvalue weighted by molar-refractivity contribution is 5.94. The summed E-state index contributed by atoms with van der Waals surface area (Å²) in [4.78, 5) is 18.7. The number of likely N-dealkylation sites (tertiary alicyclic amines) is 1. The Morgan fingerprint density at radius 3 is 1.81 bits per heavy atom. The summed E-state index contributed by atoms with van der Waals surface area (Å²) >= 11 is 0. The third-order valence-electron chi connectivity index (χ3n) is 5.04. The van der Waals surface area contributed by atoms with E-state index in [1.54, 1.807) is 12.4 Å². The van der Waals surface area contributed by atoms with Crippen molar-refractivity contribution in [1.29, 1.82) is 0 Å². The Kier molecular flexibility index (Phi) is 5.10. The summed E-state index contributed by atoms with van der Waals surface area (Å²) in [7, 11) is 0. The van der Waals surface area contributed by atoms with Gasteiger partial charge in [0.25, 0.3) is 5.91 Å². The number of aromatic nitrogens is 1. The Morgan fingerprint density at radius 2 is 1.30 bits per heavy atom. The van der Waals surface area contributed by atoms with Gasteiger partial charge in [0.15, 0.2) is 0 Å². The van der Waals surface area contributed by atoms with Gasteiger partial charge in [-0.3, -0.25) is 9.78 Å². The standard InChI is InChI=1S/C24H22N2O/c27-24(22-12-7-15-25-18-22)26-16-13-21(14-17-26)23(19-8-3-1-4-9-19)20-10-5-2-6-11-20/h1-12,15,18H,13-14,16-17H2. The molecule has 4 rings (SSSR count). The van der Waals surface area contributed by atoms with E-state index in [1.165, 1.54) is 22.3 Å². The number of hydrogen-bond acceptors (Lipinski definition) is 2. The molecule has 0 N–H and O–H groups in total. The van der Waals surface area contributed by atoms with Crippen molar-refractivity contribution in [2.75, 3.05) is 13.1 Å². The average molecular weight is 354 g/mol. The monoisotopic (exact) mass is 354 g/mol. The van der Waals surface area contributed by atoms with Gasteiger partial charge in [0.2, 0.25) is 0 Å². The molecule has 0 unspecified atom stereocenters. The minimum atomic E-state index is 0.0723. The lowest BCUT2D eigenvalue weighted by atomic mass is 9.88. The summed E-state index contributed by atoms with van der Waals surface area (Å²) in [6.45, 7) is 1.48. The van der Waals surface area contributed by atoms with Gasteiger partial charge in [0, 0.05) is 25.5 Å². The van der Waals surface area contributed by atoms with Gasteiger partial charge in [-0.2, -0.15) is 0 Å². The first-order valence-corrected chi connectivity index (χ1v) is 9.35. The van der Waals surface area contributed by atoms with E-state index in [9.17, 15) is 4.79 Å². The van der Waals surface area contributed by atoms with Crippen molar-refractivity contribution in [2.24, 2.45) is 0 Å². The van der Waals surface area contributed by atoms with Crippen LogP contribution in [0.15, 0.2) is 90.8 Å². The molecule has 1 saturated heterocycles. The molecule has 2 aromatic carbocycles. The predicted octanol–water partition coefficient (Wildman–Crippen LogP) is 4.82. The zero-order valence-electron chi connectivity index (χ0n) is 15.2. The van der Waals surface area contributed by atoms with E-state index in [4.69, 9.17) is 0 Å². The summed E-state index contributed by atoms with van der Waals surface area (Å²) < 4.78 is 0. The van der Waals surface area contributed by atoms with Gasteiger partial charge in [0.05, 0.1) is 5.56 Å². The molecule has 1 fully saturated rings. The Bertz CT molecular complexity index is 882. The van der Waals surface area contributed by atoms with Crippen LogP contribution in [0.2, 0.25) is 0 Å². The number of hydrogen-bond donors (Lipinski definition) is 0. The van der Waals surface area contributed by atoms with Crippen LogP contribution in [0.3, 0.4) is 0 Å². The van der Waals surface area contributed by atoms with Gasteiger partial charge < -0.3 is 4.90 Å². The third kappa shape index (κ3) is 3.82. The number of pyridine rings is 1. The second-order valence-electron chi connectivity index (χ2n) is 6.74. The Morgan fingerprint density at radius 1 is 0.741 bits per heavy atom. The quantitative estimate of drug-likeness (QED) is 0.676. The largest absolute Gasteiger partial charge is 0.338 e. The molecule has 0 spiro atoms. The summed E-state index contributed by atoms with van der Waals surface area (Å²) in [5, 5.41) is 0. The van der Waals surface area contributed by atoms with Crippen LogP contribution in [0.5, 0.6) is 0 Å². The normalized spacial score (nSPS) is 14.1. The molecule has 27 heavy (non-hydrogen) atoms. The molecule has 0 radical (unpaired) electrons. The fraction of sp³-hybridized carbons (Fsp3) is 0.167. The second kappa shape index (κ2) is 8.00. The second-order valence-corrected chi connectivity index (χ2v) is 6.74. The van der Waals surface area contributed by atoms with Crippen LogP contribution in [0.1, 0.15) is 34.3 Å². The zero-order chi connectivity index (χ0) is 18.5. The summed E-state index contributed by atoms with van der Waals surface area (Å²) in [6.07, 6.45) is 5.13. The number of carbonyl (C=O) groups excluding carboxylic acids is 1. The number of nitrogens with zero attached hydrogens (tertiary/aromatic N) is 2. The lowest BCUT2D eigenvalue weighted by Crippen LogP contribution is -2.36. The molecule has 1 aliphatic heterocycles. The van der Waals surface area contributed by atoms with E-state index in [0.717, 1.165) is 25.9 Å². The van der Waals surface area contributed by atoms with Crippen molar-refractivity contribution in [2.45, 2.75) is 12.8 Å². The van der Waals surface area contributed by atoms with Crippen LogP contribution in [0, 0.1) is 0 Å². The first-order chi connectivity index (χ1) is 13.3. The molecule has 2 heterocycles. The van der Waals surface area contributed by atoms with Crippen molar-refractivity contribution in [3.8, 4) is 0 Å². The lowest BCUT2D eigenvalue weighted by molar-refractivity contribution is 0.0743. The Balaban J connectivity index is 1.61. The van der Waals surface area contributed by atoms with E-state index < -0.39 is 0 Å². The molecule has 1 amide bonds. The van der Waals surface area contributed by atoms with Crippen molar-refractivity contribution >= 4 is 11.5 Å². The van der Waals surface area contributed by atoms with E-state index in [2.05, 4.69) is 53.5 Å². The number of rotatable bonds is 3. The van der Waals surface area contributed by atoms with Gasteiger partial charge in [0.1, 0.15) is 0 Å². The van der Waals surface area contributed by atoms with Crippen molar-refractivity contribution < 1.29 is 4.79 Å². The van der Waals surface area contributed by atoms with Crippen molar-refractivity contribution in [1.82, 2.24) is 9.88 Å². The molecule has 3 nitrogen and oxygen atoms in total. The fourth-order valence-corrected chi connectivity index (χ4v) is 3.69. The summed E-state index contributed by atoms with van der Waals surface area (Å²) in [5.41, 5.74) is 5.88. The molecule has 0 aliphatic carbocycles. The Labute approximate surface area is 160 Å². The third-order valence-corrected chi connectivity index (χ3v) is 5.04. The van der Waals surface area contributed by atoms with Gasteiger partial charge in [-0.05, 0) is 41.7 Å². The minimum Gasteiger partial charge on any atom is -0.338 e. The highest BCUT2D eigenvalue weighted by atomic mass is 16.2. The number of piperidine rings is 1. The molecule has 1 aliphatic rings. The SMILES string of the molecule is O=C(c1cccnc1)N1CCC(=C(c2ccccc2)c2ccccc2)CC1. The van der Waals surface area contributed by atoms with Gasteiger partial charge in [-0.25, -0.2) is 0 Å². The van der Waals surface area contributed by atoms with Crippen molar-refractivity contribution in [3.05, 3.63) is 107 Å². The van der Waals surface area contributed by atoms with Gasteiger partial charge in [-0.1, -0.05) is 66.2 Å². The van der Waals surface area contributed by atoms with Crippen LogP contribution in [-0.2, 0) is 0 Å². The van der Waals surface area contributed by atoms with Crippen LogP contribution in [0.4, 0.5) is 0 Å². The van der Waals surface area contributed by atoms with Crippen molar-refractivity contribution in [3.63, 3.8) is 0 Å². The maximum atomic E-state index is 12.7. The highest BCUT2D eigenvalue weighted by Crippen LogP contribution is 2.32. The highest BCUT2D eigenvalue weighted by Gasteiger charge is 2.23. The molecule has 3 aromatic rings. The van der Waals surface area contributed by atoms with E-state index in [-0.39, 0.29) is 5.91 Å². The zero-order valence-corrected chi connectivity index (χ0v) is 15.2. The van der Waals surface area contributed by atoms with Gasteiger partial charge >= 0.3 is 0 Å². The topological polar surface area (TPSA) is 33.2 Å². The summed E-state index contributed by atoms with van der Waals surface area (Å²) in [6, 6.07) is 24.7. The molecule has 0 bridgehead atoms. The van der Waals surface area contributed by atoms with Crippen LogP contribution in [-0.4, -0.2) is 28.9 Å². The predicted molar refractivity (Wildman–Crippen MR) is 108 cm³/mol. The maximum Gasteiger partial charge on any atom is 0.255 e. The molecule has 1 aromatic heterocycles. The molecule has 0 saturated carbocycles. The van der Waals surface area contributed by atoms with E-state index >= 15 is 0 Å². The number of benzene rings is 2. The molecule has 134 valence electrons. The van der Waals surface area contributed by atoms with Crippen LogP contribution in [0.25, 0.3) is 5.57 Å². The average Bonchev–Trinajstić information content (AvgIpc) is 2.76. The number of amides is 1. The van der Waals surface area contributed by atoms with Gasteiger partial charge in [-0.15, -0.1) is 0 Å². The fourth-order valence-electron chi connectivity index (χ4n) is 3.69.